The molecule has 5 nitrogen and oxygen atoms in total. The van der Waals surface area contributed by atoms with Crippen molar-refractivity contribution in [3.8, 4) is 11.3 Å². The molecule has 1 saturated heterocycles. The lowest BCUT2D eigenvalue weighted by Gasteiger charge is -2.22. The molecule has 1 aliphatic rings. The Morgan fingerprint density at radius 2 is 1.69 bits per heavy atom. The van der Waals surface area contributed by atoms with E-state index in [4.69, 9.17) is 33.4 Å². The highest BCUT2D eigenvalue weighted by Crippen LogP contribution is 2.26. The van der Waals surface area contributed by atoms with Gasteiger partial charge in [-0.1, -0.05) is 59.6 Å². The Morgan fingerprint density at radius 3 is 2.41 bits per heavy atom. The van der Waals surface area contributed by atoms with Gasteiger partial charge >= 0.3 is 0 Å². The number of hydrogen-bond acceptors (Lipinski definition) is 4. The van der Waals surface area contributed by atoms with Crippen molar-refractivity contribution < 1.29 is 0 Å². The van der Waals surface area contributed by atoms with Crippen LogP contribution in [-0.2, 0) is 13.1 Å². The third-order valence-corrected chi connectivity index (χ3v) is 6.03. The highest BCUT2D eigenvalue weighted by molar-refractivity contribution is 6.35. The van der Waals surface area contributed by atoms with Gasteiger partial charge in [-0.2, -0.15) is 15.0 Å². The molecule has 2 aromatic carbocycles. The van der Waals surface area contributed by atoms with Gasteiger partial charge in [0.05, 0.1) is 6.54 Å². The summed E-state index contributed by atoms with van der Waals surface area (Å²) in [4.78, 5) is 1.69. The number of halogens is 2. The predicted molar refractivity (Wildman–Crippen MR) is 118 cm³/mol. The SMILES string of the molecule is Clc1cccc(Cl)c1Cn1nc(CNCC2CCNCC2)c(-c2ccccc2)n1. The predicted octanol–water partition coefficient (Wildman–Crippen LogP) is 4.39. The van der Waals surface area contributed by atoms with Gasteiger partial charge in [0.15, 0.2) is 0 Å². The van der Waals surface area contributed by atoms with Crippen LogP contribution in [0, 0.1) is 5.92 Å². The summed E-state index contributed by atoms with van der Waals surface area (Å²) in [6.07, 6.45) is 2.44. The first-order valence-electron chi connectivity index (χ1n) is 10.0. The Hall–Kier alpha value is -1.92. The molecule has 0 spiro atoms. The van der Waals surface area contributed by atoms with E-state index in [2.05, 4.69) is 22.8 Å². The van der Waals surface area contributed by atoms with Crippen molar-refractivity contribution in [3.63, 3.8) is 0 Å². The third kappa shape index (κ3) is 5.17. The summed E-state index contributed by atoms with van der Waals surface area (Å²) < 4.78 is 0. The lowest BCUT2D eigenvalue weighted by Crippen LogP contribution is -2.33. The van der Waals surface area contributed by atoms with E-state index >= 15 is 0 Å². The van der Waals surface area contributed by atoms with Gasteiger partial charge in [0, 0.05) is 27.7 Å². The summed E-state index contributed by atoms with van der Waals surface area (Å²) in [6.45, 7) is 4.34. The number of hydrogen-bond donors (Lipinski definition) is 2. The fourth-order valence-corrected chi connectivity index (χ4v) is 4.21. The standard InChI is InChI=1S/C22H25Cl2N5/c23-19-7-4-8-20(24)18(19)15-29-27-21(14-26-13-16-9-11-25-12-10-16)22(28-29)17-5-2-1-3-6-17/h1-8,16,25-26H,9-15H2. The van der Waals surface area contributed by atoms with Crippen LogP contribution in [0.1, 0.15) is 24.1 Å². The van der Waals surface area contributed by atoms with Crippen molar-refractivity contribution >= 4 is 23.2 Å². The highest BCUT2D eigenvalue weighted by Gasteiger charge is 2.17. The maximum Gasteiger partial charge on any atom is 0.117 e. The van der Waals surface area contributed by atoms with Gasteiger partial charge in [-0.05, 0) is 50.5 Å². The molecule has 7 heteroatoms. The van der Waals surface area contributed by atoms with Gasteiger partial charge in [0.25, 0.3) is 0 Å². The lowest BCUT2D eigenvalue weighted by atomic mass is 9.98. The summed E-state index contributed by atoms with van der Waals surface area (Å²) in [5.41, 5.74) is 3.72. The van der Waals surface area contributed by atoms with E-state index in [9.17, 15) is 0 Å². The van der Waals surface area contributed by atoms with Crippen molar-refractivity contribution in [2.45, 2.75) is 25.9 Å². The van der Waals surface area contributed by atoms with Crippen molar-refractivity contribution in [2.75, 3.05) is 19.6 Å². The van der Waals surface area contributed by atoms with Crippen LogP contribution in [0.4, 0.5) is 0 Å². The quantitative estimate of drug-likeness (QED) is 0.584. The zero-order valence-electron chi connectivity index (χ0n) is 16.2. The molecule has 3 aromatic rings. The first-order chi connectivity index (χ1) is 14.2. The minimum absolute atomic E-state index is 0.437. The highest BCUT2D eigenvalue weighted by atomic mass is 35.5. The zero-order valence-corrected chi connectivity index (χ0v) is 17.8. The molecule has 0 atom stereocenters. The molecule has 0 saturated carbocycles. The zero-order chi connectivity index (χ0) is 20.1. The molecule has 152 valence electrons. The Labute approximate surface area is 181 Å². The van der Waals surface area contributed by atoms with Crippen molar-refractivity contribution in [2.24, 2.45) is 5.92 Å². The summed E-state index contributed by atoms with van der Waals surface area (Å²) >= 11 is 12.7. The van der Waals surface area contributed by atoms with Crippen LogP contribution in [0.5, 0.6) is 0 Å². The molecule has 1 aromatic heterocycles. The van der Waals surface area contributed by atoms with Gasteiger partial charge in [0.1, 0.15) is 11.4 Å². The van der Waals surface area contributed by atoms with E-state index in [-0.39, 0.29) is 0 Å². The molecule has 2 N–H and O–H groups in total. The number of nitrogens with zero attached hydrogens (tertiary/aromatic N) is 3. The Kier molecular flexibility index (Phi) is 6.82. The van der Waals surface area contributed by atoms with E-state index in [0.29, 0.717) is 29.1 Å². The third-order valence-electron chi connectivity index (χ3n) is 5.32. The number of aromatic nitrogens is 3. The van der Waals surface area contributed by atoms with Crippen molar-refractivity contribution in [3.05, 3.63) is 69.8 Å². The van der Waals surface area contributed by atoms with Crippen LogP contribution in [0.3, 0.4) is 0 Å². The second kappa shape index (κ2) is 9.72. The molecule has 0 radical (unpaired) electrons. The number of rotatable bonds is 7. The van der Waals surface area contributed by atoms with E-state index in [0.717, 1.165) is 42.1 Å². The van der Waals surface area contributed by atoms with E-state index in [1.807, 2.05) is 36.4 Å². The second-order valence-electron chi connectivity index (χ2n) is 7.42. The van der Waals surface area contributed by atoms with Gasteiger partial charge in [0.2, 0.25) is 0 Å². The lowest BCUT2D eigenvalue weighted by molar-refractivity contribution is 0.355. The fraction of sp³-hybridized carbons (Fsp3) is 0.364. The molecular weight excluding hydrogens is 405 g/mol. The maximum atomic E-state index is 6.34. The maximum absolute atomic E-state index is 6.34. The second-order valence-corrected chi connectivity index (χ2v) is 8.23. The Morgan fingerprint density at radius 1 is 0.966 bits per heavy atom. The van der Waals surface area contributed by atoms with E-state index in [1.54, 1.807) is 4.80 Å². The summed E-state index contributed by atoms with van der Waals surface area (Å²) in [5, 5.41) is 17.8. The minimum Gasteiger partial charge on any atom is -0.317 e. The van der Waals surface area contributed by atoms with Crippen LogP contribution in [-0.4, -0.2) is 34.6 Å². The monoisotopic (exact) mass is 429 g/mol. The van der Waals surface area contributed by atoms with Crippen LogP contribution >= 0.6 is 23.2 Å². The van der Waals surface area contributed by atoms with Gasteiger partial charge < -0.3 is 10.6 Å². The fourth-order valence-electron chi connectivity index (χ4n) is 3.70. The molecule has 0 bridgehead atoms. The molecule has 0 amide bonds. The molecule has 1 aliphatic heterocycles. The van der Waals surface area contributed by atoms with Crippen LogP contribution < -0.4 is 10.6 Å². The average molecular weight is 430 g/mol. The molecule has 29 heavy (non-hydrogen) atoms. The molecular formula is C22H25Cl2N5. The van der Waals surface area contributed by atoms with Gasteiger partial charge in [-0.15, -0.1) is 0 Å². The number of benzene rings is 2. The van der Waals surface area contributed by atoms with Crippen LogP contribution in [0.2, 0.25) is 10.0 Å². The average Bonchev–Trinajstić information content (AvgIpc) is 3.15. The normalized spacial score (nSPS) is 15.0. The molecule has 4 rings (SSSR count). The molecule has 0 aliphatic carbocycles. The van der Waals surface area contributed by atoms with Gasteiger partial charge in [-0.25, -0.2) is 0 Å². The molecule has 2 heterocycles. The van der Waals surface area contributed by atoms with Crippen molar-refractivity contribution in [1.82, 2.24) is 25.6 Å². The number of nitrogens with one attached hydrogen (secondary N) is 2. The summed E-state index contributed by atoms with van der Waals surface area (Å²) in [5.74, 6) is 0.716. The van der Waals surface area contributed by atoms with E-state index in [1.165, 1.54) is 12.8 Å². The van der Waals surface area contributed by atoms with Gasteiger partial charge in [-0.3, -0.25) is 0 Å². The van der Waals surface area contributed by atoms with Crippen LogP contribution in [0.25, 0.3) is 11.3 Å². The smallest absolute Gasteiger partial charge is 0.117 e. The largest absolute Gasteiger partial charge is 0.317 e. The molecule has 0 unspecified atom stereocenters. The van der Waals surface area contributed by atoms with E-state index < -0.39 is 0 Å². The van der Waals surface area contributed by atoms with Crippen LogP contribution in [0.15, 0.2) is 48.5 Å². The first-order valence-corrected chi connectivity index (χ1v) is 10.8. The topological polar surface area (TPSA) is 54.8 Å². The summed E-state index contributed by atoms with van der Waals surface area (Å²) in [7, 11) is 0. The first kappa shape index (κ1) is 20.4. The molecule has 1 fully saturated rings. The Balaban J connectivity index is 1.54. The minimum atomic E-state index is 0.437. The Bertz CT molecular complexity index is 915. The number of piperidine rings is 1. The summed E-state index contributed by atoms with van der Waals surface area (Å²) in [6, 6.07) is 15.7. The van der Waals surface area contributed by atoms with Crippen molar-refractivity contribution in [1.29, 1.82) is 0 Å².